The Labute approximate surface area is 82.8 Å². The summed E-state index contributed by atoms with van der Waals surface area (Å²) in [7, 11) is 1.31. The molecule has 0 spiro atoms. The van der Waals surface area contributed by atoms with Gasteiger partial charge in [-0.2, -0.15) is 0 Å². The normalized spacial score (nSPS) is 18.8. The molecule has 76 valence electrons. The molecule has 0 N–H and O–H groups in total. The van der Waals surface area contributed by atoms with E-state index in [1.807, 2.05) is 0 Å². The Hall–Kier alpha value is -1.58. The van der Waals surface area contributed by atoms with E-state index in [0.29, 0.717) is 25.1 Å². The zero-order valence-electron chi connectivity index (χ0n) is 8.16. The van der Waals surface area contributed by atoms with E-state index in [1.54, 1.807) is 11.0 Å². The molecule has 0 aromatic rings. The minimum Gasteiger partial charge on any atom is -0.466 e. The fourth-order valence-corrected chi connectivity index (χ4v) is 1.36. The van der Waals surface area contributed by atoms with Gasteiger partial charge in [0.25, 0.3) is 0 Å². The van der Waals surface area contributed by atoms with E-state index in [-0.39, 0.29) is 5.91 Å². The van der Waals surface area contributed by atoms with E-state index < -0.39 is 5.97 Å². The Bertz CT molecular complexity index is 294. The van der Waals surface area contributed by atoms with Crippen LogP contribution in [0.3, 0.4) is 0 Å². The van der Waals surface area contributed by atoms with Gasteiger partial charge in [0.15, 0.2) is 0 Å². The van der Waals surface area contributed by atoms with E-state index in [1.165, 1.54) is 13.2 Å². The first-order chi connectivity index (χ1) is 6.69. The molecule has 1 rings (SSSR count). The molecular weight excluding hydrogens is 182 g/mol. The lowest BCUT2D eigenvalue weighted by Crippen LogP contribution is -2.23. The highest BCUT2D eigenvalue weighted by atomic mass is 16.5. The molecule has 4 heteroatoms. The van der Waals surface area contributed by atoms with Gasteiger partial charge in [-0.25, -0.2) is 4.79 Å². The zero-order valence-corrected chi connectivity index (χ0v) is 8.16. The standard InChI is InChI=1S/C10H13NO3/c1-3-6-11-8(4-5-9(11)12)7-10(13)14-2/h3,7H,1,4-6H2,2H3/b8-7+. The van der Waals surface area contributed by atoms with Gasteiger partial charge in [-0.1, -0.05) is 6.08 Å². The van der Waals surface area contributed by atoms with Crippen LogP contribution >= 0.6 is 0 Å². The van der Waals surface area contributed by atoms with Gasteiger partial charge in [-0.15, -0.1) is 6.58 Å². The number of carbonyl (C=O) groups is 2. The van der Waals surface area contributed by atoms with Gasteiger partial charge in [0, 0.05) is 24.7 Å². The molecule has 1 aliphatic rings. The number of methoxy groups -OCH3 is 1. The van der Waals surface area contributed by atoms with Crippen LogP contribution in [0.1, 0.15) is 12.8 Å². The van der Waals surface area contributed by atoms with E-state index in [2.05, 4.69) is 11.3 Å². The third-order valence-corrected chi connectivity index (χ3v) is 2.04. The summed E-state index contributed by atoms with van der Waals surface area (Å²) in [4.78, 5) is 23.8. The van der Waals surface area contributed by atoms with Crippen LogP contribution in [0.15, 0.2) is 24.4 Å². The molecule has 1 saturated heterocycles. The van der Waals surface area contributed by atoms with E-state index in [0.717, 1.165) is 0 Å². The number of ether oxygens (including phenoxy) is 1. The molecule has 4 nitrogen and oxygen atoms in total. The lowest BCUT2D eigenvalue weighted by molar-refractivity contribution is -0.134. The molecule has 1 fully saturated rings. The van der Waals surface area contributed by atoms with Crippen LogP contribution < -0.4 is 0 Å². The Balaban J connectivity index is 2.77. The average Bonchev–Trinajstić information content (AvgIpc) is 2.50. The highest BCUT2D eigenvalue weighted by Gasteiger charge is 2.25. The van der Waals surface area contributed by atoms with Crippen LogP contribution in [0.2, 0.25) is 0 Å². The minimum atomic E-state index is -0.427. The highest BCUT2D eigenvalue weighted by molar-refractivity contribution is 5.87. The lowest BCUT2D eigenvalue weighted by atomic mass is 10.3. The number of nitrogens with zero attached hydrogens (tertiary/aromatic N) is 1. The first kappa shape index (κ1) is 10.5. The van der Waals surface area contributed by atoms with Gasteiger partial charge in [-0.05, 0) is 6.42 Å². The number of hydrogen-bond donors (Lipinski definition) is 0. The van der Waals surface area contributed by atoms with Crippen molar-refractivity contribution in [3.8, 4) is 0 Å². The van der Waals surface area contributed by atoms with Crippen LogP contribution in [-0.2, 0) is 14.3 Å². The van der Waals surface area contributed by atoms with Gasteiger partial charge < -0.3 is 9.64 Å². The Morgan fingerprint density at radius 1 is 1.64 bits per heavy atom. The molecule has 0 saturated carbocycles. The monoisotopic (exact) mass is 195 g/mol. The van der Waals surface area contributed by atoms with Crippen molar-refractivity contribution in [2.75, 3.05) is 13.7 Å². The quantitative estimate of drug-likeness (QED) is 0.381. The van der Waals surface area contributed by atoms with Crippen molar-refractivity contribution in [2.45, 2.75) is 12.8 Å². The van der Waals surface area contributed by atoms with E-state index in [9.17, 15) is 9.59 Å². The van der Waals surface area contributed by atoms with Crippen molar-refractivity contribution in [1.82, 2.24) is 4.90 Å². The van der Waals surface area contributed by atoms with Gasteiger partial charge in [0.05, 0.1) is 7.11 Å². The summed E-state index contributed by atoms with van der Waals surface area (Å²) in [6.45, 7) is 4.00. The topological polar surface area (TPSA) is 46.6 Å². The largest absolute Gasteiger partial charge is 0.466 e. The van der Waals surface area contributed by atoms with Crippen LogP contribution in [0.25, 0.3) is 0 Å². The number of likely N-dealkylation sites (tertiary alicyclic amines) is 1. The minimum absolute atomic E-state index is 0.0278. The molecule has 1 heterocycles. The molecule has 14 heavy (non-hydrogen) atoms. The second-order valence-electron chi connectivity index (χ2n) is 2.95. The van der Waals surface area contributed by atoms with Crippen molar-refractivity contribution in [2.24, 2.45) is 0 Å². The number of amides is 1. The summed E-state index contributed by atoms with van der Waals surface area (Å²) in [6, 6.07) is 0. The maximum absolute atomic E-state index is 11.3. The maximum atomic E-state index is 11.3. The average molecular weight is 195 g/mol. The predicted octanol–water partition coefficient (Wildman–Crippen LogP) is 0.852. The first-order valence-corrected chi connectivity index (χ1v) is 4.39. The van der Waals surface area contributed by atoms with Crippen LogP contribution in [0.5, 0.6) is 0 Å². The van der Waals surface area contributed by atoms with Gasteiger partial charge in [0.2, 0.25) is 5.91 Å². The number of hydrogen-bond acceptors (Lipinski definition) is 3. The second kappa shape index (κ2) is 4.60. The summed E-state index contributed by atoms with van der Waals surface area (Å²) in [5, 5.41) is 0. The Kier molecular flexibility index (Phi) is 3.45. The molecule has 1 amide bonds. The smallest absolute Gasteiger partial charge is 0.332 e. The third-order valence-electron chi connectivity index (χ3n) is 2.04. The van der Waals surface area contributed by atoms with Crippen molar-refractivity contribution in [3.05, 3.63) is 24.4 Å². The maximum Gasteiger partial charge on any atom is 0.332 e. The summed E-state index contributed by atoms with van der Waals surface area (Å²) in [5.41, 5.74) is 0.710. The number of esters is 1. The summed E-state index contributed by atoms with van der Waals surface area (Å²) >= 11 is 0. The van der Waals surface area contributed by atoms with E-state index in [4.69, 9.17) is 0 Å². The third kappa shape index (κ3) is 2.22. The lowest BCUT2D eigenvalue weighted by Gasteiger charge is -2.14. The van der Waals surface area contributed by atoms with Crippen molar-refractivity contribution in [3.63, 3.8) is 0 Å². The molecule has 0 atom stereocenters. The molecule has 0 aliphatic carbocycles. The molecule has 0 unspecified atom stereocenters. The van der Waals surface area contributed by atoms with Crippen molar-refractivity contribution >= 4 is 11.9 Å². The highest BCUT2D eigenvalue weighted by Crippen LogP contribution is 2.21. The van der Waals surface area contributed by atoms with Crippen LogP contribution in [-0.4, -0.2) is 30.4 Å². The Morgan fingerprint density at radius 3 is 2.93 bits per heavy atom. The first-order valence-electron chi connectivity index (χ1n) is 4.39. The van der Waals surface area contributed by atoms with Gasteiger partial charge >= 0.3 is 5.97 Å². The number of allylic oxidation sites excluding steroid dienone is 1. The van der Waals surface area contributed by atoms with Crippen molar-refractivity contribution < 1.29 is 14.3 Å². The van der Waals surface area contributed by atoms with Crippen LogP contribution in [0, 0.1) is 0 Å². The van der Waals surface area contributed by atoms with E-state index >= 15 is 0 Å². The van der Waals surface area contributed by atoms with Gasteiger partial charge in [-0.3, -0.25) is 4.79 Å². The van der Waals surface area contributed by atoms with Gasteiger partial charge in [0.1, 0.15) is 0 Å². The molecular formula is C10H13NO3. The number of carbonyl (C=O) groups excluding carboxylic acids is 2. The fraction of sp³-hybridized carbons (Fsp3) is 0.400. The summed E-state index contributed by atoms with van der Waals surface area (Å²) in [6.07, 6.45) is 4.04. The molecule has 0 aromatic heterocycles. The molecule has 0 radical (unpaired) electrons. The second-order valence-corrected chi connectivity index (χ2v) is 2.95. The molecule has 0 bridgehead atoms. The van der Waals surface area contributed by atoms with Crippen molar-refractivity contribution in [1.29, 1.82) is 0 Å². The van der Waals surface area contributed by atoms with Crippen LogP contribution in [0.4, 0.5) is 0 Å². The summed E-state index contributed by atoms with van der Waals surface area (Å²) in [5.74, 6) is -0.399. The zero-order chi connectivity index (χ0) is 10.6. The predicted molar refractivity (Wildman–Crippen MR) is 51.2 cm³/mol. The molecule has 1 aliphatic heterocycles. The summed E-state index contributed by atoms with van der Waals surface area (Å²) < 4.78 is 4.49. The fourth-order valence-electron chi connectivity index (χ4n) is 1.36. The molecule has 0 aromatic carbocycles. The number of rotatable bonds is 3. The Morgan fingerprint density at radius 2 is 2.36 bits per heavy atom. The SMILES string of the molecule is C=CCN1C(=O)CC/C1=C\C(=O)OC.